The lowest BCUT2D eigenvalue weighted by Gasteiger charge is -2.46. The van der Waals surface area contributed by atoms with Crippen LogP contribution in [0.1, 0.15) is 19.4 Å². The molecule has 1 aromatic carbocycles. The maximum Gasteiger partial charge on any atom is 0.0624 e. The molecule has 16 heavy (non-hydrogen) atoms. The van der Waals surface area contributed by atoms with E-state index in [1.54, 1.807) is 0 Å². The fraction of sp³-hybridized carbons (Fsp3) is 0.538. The van der Waals surface area contributed by atoms with Gasteiger partial charge in [-0.1, -0.05) is 49.2 Å². The molecule has 0 bridgehead atoms. The van der Waals surface area contributed by atoms with Gasteiger partial charge in [0.25, 0.3) is 0 Å². The lowest BCUT2D eigenvalue weighted by molar-refractivity contribution is 0.0995. The lowest BCUT2D eigenvalue weighted by Crippen LogP contribution is -2.57. The third-order valence-corrected chi connectivity index (χ3v) is 4.61. The first kappa shape index (κ1) is 12.2. The maximum atomic E-state index is 6.23. The second-order valence-electron chi connectivity index (χ2n) is 5.01. The molecule has 0 atom stereocenters. The van der Waals surface area contributed by atoms with Crippen LogP contribution in [0.2, 0.25) is 10.0 Å². The maximum absolute atomic E-state index is 6.23. The Kier molecular flexibility index (Phi) is 3.48. The molecule has 0 unspecified atom stereocenters. The molecule has 88 valence electrons. The number of halogens is 2. The van der Waals surface area contributed by atoms with Gasteiger partial charge in [0.1, 0.15) is 0 Å². The average Bonchev–Trinajstić information content (AvgIpc) is 2.17. The Labute approximate surface area is 107 Å². The normalized spacial score (nSPS) is 18.6. The summed E-state index contributed by atoms with van der Waals surface area (Å²) >= 11 is 12.3. The van der Waals surface area contributed by atoms with Crippen LogP contribution in [0.3, 0.4) is 0 Å². The summed E-state index contributed by atoms with van der Waals surface area (Å²) in [6.45, 7) is 6.71. The molecule has 1 heterocycles. The number of hydrogen-bond acceptors (Lipinski definition) is 1. The molecular formula is C13H17Cl2N. The molecule has 1 fully saturated rings. The van der Waals surface area contributed by atoms with Gasteiger partial charge < -0.3 is 5.32 Å². The first-order valence-electron chi connectivity index (χ1n) is 5.69. The van der Waals surface area contributed by atoms with Gasteiger partial charge in [0, 0.05) is 18.5 Å². The molecule has 1 nitrogen and oxygen atoms in total. The summed E-state index contributed by atoms with van der Waals surface area (Å²) in [5, 5.41) is 4.74. The number of nitrogens with one attached hydrogen (secondary N) is 1. The molecule has 1 saturated heterocycles. The monoisotopic (exact) mass is 257 g/mol. The molecule has 1 aromatic rings. The molecule has 3 heteroatoms. The van der Waals surface area contributed by atoms with E-state index in [4.69, 9.17) is 23.2 Å². The van der Waals surface area contributed by atoms with Crippen molar-refractivity contribution in [2.75, 3.05) is 13.1 Å². The fourth-order valence-corrected chi connectivity index (χ4v) is 2.63. The van der Waals surface area contributed by atoms with Crippen LogP contribution in [-0.4, -0.2) is 13.1 Å². The Morgan fingerprint density at radius 1 is 1.31 bits per heavy atom. The van der Waals surface area contributed by atoms with Crippen LogP contribution in [0.25, 0.3) is 0 Å². The minimum absolute atomic E-state index is 0.355. The highest BCUT2D eigenvalue weighted by Gasteiger charge is 2.40. The van der Waals surface area contributed by atoms with Crippen LogP contribution in [0.15, 0.2) is 18.2 Å². The van der Waals surface area contributed by atoms with Crippen molar-refractivity contribution in [2.45, 2.75) is 20.3 Å². The Bertz CT molecular complexity index is 384. The van der Waals surface area contributed by atoms with Gasteiger partial charge in [-0.2, -0.15) is 0 Å². The highest BCUT2D eigenvalue weighted by atomic mass is 35.5. The Balaban J connectivity index is 2.23. The molecule has 0 amide bonds. The third kappa shape index (κ3) is 2.09. The van der Waals surface area contributed by atoms with Gasteiger partial charge in [-0.3, -0.25) is 0 Å². The van der Waals surface area contributed by atoms with Crippen molar-refractivity contribution in [1.29, 1.82) is 0 Å². The van der Waals surface area contributed by atoms with Gasteiger partial charge in [0.05, 0.1) is 10.0 Å². The quantitative estimate of drug-likeness (QED) is 0.869. The van der Waals surface area contributed by atoms with E-state index in [0.29, 0.717) is 16.4 Å². The SMILES string of the molecule is CC(C)C1(Cc2cccc(Cl)c2Cl)CNC1. The summed E-state index contributed by atoms with van der Waals surface area (Å²) in [6.07, 6.45) is 1.01. The minimum atomic E-state index is 0.355. The van der Waals surface area contributed by atoms with Crippen molar-refractivity contribution in [2.24, 2.45) is 11.3 Å². The zero-order valence-electron chi connectivity index (χ0n) is 9.69. The first-order chi connectivity index (χ1) is 7.55. The van der Waals surface area contributed by atoms with Crippen molar-refractivity contribution in [3.8, 4) is 0 Å². The summed E-state index contributed by atoms with van der Waals surface area (Å²) in [4.78, 5) is 0. The summed E-state index contributed by atoms with van der Waals surface area (Å²) in [5.41, 5.74) is 1.53. The van der Waals surface area contributed by atoms with E-state index in [1.165, 1.54) is 5.56 Å². The molecule has 0 aliphatic carbocycles. The van der Waals surface area contributed by atoms with E-state index in [9.17, 15) is 0 Å². The van der Waals surface area contributed by atoms with Crippen molar-refractivity contribution >= 4 is 23.2 Å². The molecular weight excluding hydrogens is 241 g/mol. The van der Waals surface area contributed by atoms with E-state index < -0.39 is 0 Å². The predicted molar refractivity (Wildman–Crippen MR) is 70.3 cm³/mol. The molecule has 0 radical (unpaired) electrons. The van der Waals surface area contributed by atoms with Crippen molar-refractivity contribution in [3.63, 3.8) is 0 Å². The van der Waals surface area contributed by atoms with E-state index in [1.807, 2.05) is 12.1 Å². The summed E-state index contributed by atoms with van der Waals surface area (Å²) in [7, 11) is 0. The van der Waals surface area contributed by atoms with Crippen LogP contribution >= 0.6 is 23.2 Å². The molecule has 0 spiro atoms. The van der Waals surface area contributed by atoms with Crippen molar-refractivity contribution in [3.05, 3.63) is 33.8 Å². The smallest absolute Gasteiger partial charge is 0.0624 e. The first-order valence-corrected chi connectivity index (χ1v) is 6.44. The van der Waals surface area contributed by atoms with Crippen molar-refractivity contribution < 1.29 is 0 Å². The van der Waals surface area contributed by atoms with E-state index in [2.05, 4.69) is 25.2 Å². The van der Waals surface area contributed by atoms with Gasteiger partial charge in [0.2, 0.25) is 0 Å². The zero-order valence-corrected chi connectivity index (χ0v) is 11.2. The molecule has 0 aromatic heterocycles. The van der Waals surface area contributed by atoms with Gasteiger partial charge in [-0.25, -0.2) is 0 Å². The highest BCUT2D eigenvalue weighted by molar-refractivity contribution is 6.42. The molecule has 2 rings (SSSR count). The van der Waals surface area contributed by atoms with E-state index in [-0.39, 0.29) is 0 Å². The second kappa shape index (κ2) is 4.56. The van der Waals surface area contributed by atoms with Gasteiger partial charge in [-0.15, -0.1) is 0 Å². The Hall–Kier alpha value is -0.240. The average molecular weight is 258 g/mol. The standard InChI is InChI=1S/C13H17Cl2N/c1-9(2)13(7-16-8-13)6-10-4-3-5-11(14)12(10)15/h3-5,9,16H,6-8H2,1-2H3. The highest BCUT2D eigenvalue weighted by Crippen LogP contribution is 2.38. The molecule has 1 aliphatic rings. The van der Waals surface area contributed by atoms with Gasteiger partial charge >= 0.3 is 0 Å². The Morgan fingerprint density at radius 2 is 2.00 bits per heavy atom. The lowest BCUT2D eigenvalue weighted by atomic mass is 9.68. The number of benzene rings is 1. The fourth-order valence-electron chi connectivity index (χ4n) is 2.25. The third-order valence-electron chi connectivity index (χ3n) is 3.75. The predicted octanol–water partition coefficient (Wildman–Crippen LogP) is 3.78. The topological polar surface area (TPSA) is 12.0 Å². The van der Waals surface area contributed by atoms with Gasteiger partial charge in [-0.05, 0) is 24.0 Å². The molecule has 0 saturated carbocycles. The zero-order chi connectivity index (χ0) is 11.8. The van der Waals surface area contributed by atoms with Crippen LogP contribution in [0.4, 0.5) is 0 Å². The largest absolute Gasteiger partial charge is 0.315 e. The number of hydrogen-bond donors (Lipinski definition) is 1. The minimum Gasteiger partial charge on any atom is -0.315 e. The second-order valence-corrected chi connectivity index (χ2v) is 5.80. The summed E-state index contributed by atoms with van der Waals surface area (Å²) in [5.74, 6) is 0.656. The Morgan fingerprint density at radius 3 is 2.50 bits per heavy atom. The van der Waals surface area contributed by atoms with Crippen LogP contribution in [0.5, 0.6) is 0 Å². The summed E-state index contributed by atoms with van der Waals surface area (Å²) in [6, 6.07) is 5.90. The number of rotatable bonds is 3. The summed E-state index contributed by atoms with van der Waals surface area (Å²) < 4.78 is 0. The van der Waals surface area contributed by atoms with Crippen molar-refractivity contribution in [1.82, 2.24) is 5.32 Å². The van der Waals surface area contributed by atoms with E-state index in [0.717, 1.165) is 24.5 Å². The van der Waals surface area contributed by atoms with Gasteiger partial charge in [0.15, 0.2) is 0 Å². The van der Waals surface area contributed by atoms with Crippen LogP contribution in [0, 0.1) is 11.3 Å². The van der Waals surface area contributed by atoms with E-state index >= 15 is 0 Å². The van der Waals surface area contributed by atoms with Crippen LogP contribution in [-0.2, 0) is 6.42 Å². The molecule has 1 aliphatic heterocycles. The molecule has 1 N–H and O–H groups in total. The van der Waals surface area contributed by atoms with Crippen LogP contribution < -0.4 is 5.32 Å².